The van der Waals surface area contributed by atoms with E-state index in [1.807, 2.05) is 0 Å². The van der Waals surface area contributed by atoms with Gasteiger partial charge >= 0.3 is 23.9 Å². The number of ether oxygens (including phenoxy) is 6. The van der Waals surface area contributed by atoms with E-state index < -0.39 is 61.2 Å². The standard InChI is InChI=1S/C36H31NO10.CH4/c1-23(37)43-36-31(47-35(41)27-20-12-5-13-21-27)30(46-34(40)26-18-10-4-11-19-26)29(45-33(39)25-16-8-3-9-17-25)28(44-36)22-42-32(38)24-14-6-2-7-15-24;/h2-21,28-31,36-37H,22H2,1H3;1H4. The Labute approximate surface area is 277 Å². The van der Waals surface area contributed by atoms with Gasteiger partial charge in [0, 0.05) is 6.92 Å². The lowest BCUT2D eigenvalue weighted by Crippen LogP contribution is -2.63. The van der Waals surface area contributed by atoms with Gasteiger partial charge in [0.05, 0.1) is 22.3 Å². The van der Waals surface area contributed by atoms with Gasteiger partial charge in [-0.25, -0.2) is 19.2 Å². The van der Waals surface area contributed by atoms with E-state index in [1.165, 1.54) is 43.3 Å². The summed E-state index contributed by atoms with van der Waals surface area (Å²) in [5.41, 5.74) is 0.758. The summed E-state index contributed by atoms with van der Waals surface area (Å²) < 4.78 is 35.0. The highest BCUT2D eigenvalue weighted by molar-refractivity contribution is 5.91. The minimum atomic E-state index is -1.55. The van der Waals surface area contributed by atoms with Gasteiger partial charge in [0.15, 0.2) is 18.1 Å². The van der Waals surface area contributed by atoms with Gasteiger partial charge in [-0.2, -0.15) is 0 Å². The number of carbonyl (C=O) groups excluding carboxylic acids is 4. The first-order valence-electron chi connectivity index (χ1n) is 14.7. The zero-order chi connectivity index (χ0) is 33.2. The molecule has 1 fully saturated rings. The molecule has 1 N–H and O–H groups in total. The number of hydrogen-bond acceptors (Lipinski definition) is 11. The number of hydrogen-bond donors (Lipinski definition) is 1. The largest absolute Gasteiger partial charge is 0.459 e. The van der Waals surface area contributed by atoms with Gasteiger partial charge in [0.1, 0.15) is 12.7 Å². The molecule has 1 saturated heterocycles. The van der Waals surface area contributed by atoms with Crippen LogP contribution in [0.3, 0.4) is 0 Å². The molecule has 48 heavy (non-hydrogen) atoms. The van der Waals surface area contributed by atoms with Crippen LogP contribution in [0.5, 0.6) is 0 Å². The molecule has 0 aliphatic carbocycles. The van der Waals surface area contributed by atoms with Crippen molar-refractivity contribution in [1.29, 1.82) is 5.41 Å². The SMILES string of the molecule is C.CC(=N)OC1OC(COC(=O)c2ccccc2)C(OC(=O)c2ccccc2)C(OC(=O)c2ccccc2)C1OC(=O)c1ccccc1. The number of nitrogens with one attached hydrogen (secondary N) is 1. The fourth-order valence-electron chi connectivity index (χ4n) is 4.80. The van der Waals surface area contributed by atoms with Gasteiger partial charge in [-0.3, -0.25) is 5.41 Å². The highest BCUT2D eigenvalue weighted by atomic mass is 16.7. The van der Waals surface area contributed by atoms with Crippen LogP contribution in [0.2, 0.25) is 0 Å². The predicted molar refractivity (Wildman–Crippen MR) is 174 cm³/mol. The van der Waals surface area contributed by atoms with Crippen LogP contribution < -0.4 is 0 Å². The lowest BCUT2D eigenvalue weighted by molar-refractivity contribution is -0.279. The molecule has 1 aliphatic heterocycles. The lowest BCUT2D eigenvalue weighted by Gasteiger charge is -2.44. The quantitative estimate of drug-likeness (QED) is 0.0950. The Hall–Kier alpha value is -5.81. The van der Waals surface area contributed by atoms with Crippen LogP contribution in [0.25, 0.3) is 0 Å². The van der Waals surface area contributed by atoms with E-state index in [-0.39, 0.29) is 35.6 Å². The summed E-state index contributed by atoms with van der Waals surface area (Å²) in [5.74, 6) is -3.47. The first-order valence-corrected chi connectivity index (χ1v) is 14.7. The summed E-state index contributed by atoms with van der Waals surface area (Å²) in [6, 6.07) is 32.3. The smallest absolute Gasteiger partial charge is 0.338 e. The van der Waals surface area contributed by atoms with E-state index in [0.29, 0.717) is 0 Å². The Bertz CT molecular complexity index is 1680. The van der Waals surface area contributed by atoms with Crippen molar-refractivity contribution in [3.05, 3.63) is 144 Å². The summed E-state index contributed by atoms with van der Waals surface area (Å²) in [6.45, 7) is 0.840. The molecule has 4 aromatic carbocycles. The van der Waals surface area contributed by atoms with Crippen LogP contribution in [0.4, 0.5) is 0 Å². The molecule has 248 valence electrons. The average Bonchev–Trinajstić information content (AvgIpc) is 3.10. The van der Waals surface area contributed by atoms with Crippen molar-refractivity contribution < 1.29 is 47.6 Å². The third-order valence-corrected chi connectivity index (χ3v) is 7.03. The van der Waals surface area contributed by atoms with Gasteiger partial charge in [-0.15, -0.1) is 0 Å². The van der Waals surface area contributed by atoms with Crippen LogP contribution in [0, 0.1) is 5.41 Å². The van der Waals surface area contributed by atoms with Crippen molar-refractivity contribution >= 4 is 29.8 Å². The highest BCUT2D eigenvalue weighted by Crippen LogP contribution is 2.32. The Morgan fingerprint density at radius 1 is 0.542 bits per heavy atom. The third kappa shape index (κ3) is 8.92. The number of benzene rings is 4. The van der Waals surface area contributed by atoms with Gasteiger partial charge in [-0.1, -0.05) is 80.2 Å². The van der Waals surface area contributed by atoms with E-state index in [0.717, 1.165) is 0 Å². The van der Waals surface area contributed by atoms with Gasteiger partial charge in [0.2, 0.25) is 12.4 Å². The Morgan fingerprint density at radius 2 is 0.896 bits per heavy atom. The van der Waals surface area contributed by atoms with Crippen LogP contribution >= 0.6 is 0 Å². The third-order valence-electron chi connectivity index (χ3n) is 7.03. The zero-order valence-electron chi connectivity index (χ0n) is 25.2. The Morgan fingerprint density at radius 3 is 1.29 bits per heavy atom. The fourth-order valence-corrected chi connectivity index (χ4v) is 4.80. The molecule has 4 aromatic rings. The molecule has 11 nitrogen and oxygen atoms in total. The predicted octanol–water partition coefficient (Wildman–Crippen LogP) is 5.89. The number of esters is 4. The molecule has 0 aromatic heterocycles. The minimum absolute atomic E-state index is 0. The van der Waals surface area contributed by atoms with E-state index in [1.54, 1.807) is 84.9 Å². The molecule has 0 radical (unpaired) electrons. The van der Waals surface area contributed by atoms with Crippen molar-refractivity contribution in [2.75, 3.05) is 6.61 Å². The van der Waals surface area contributed by atoms with Gasteiger partial charge in [-0.05, 0) is 48.5 Å². The topological polar surface area (TPSA) is 148 Å². The van der Waals surface area contributed by atoms with Gasteiger partial charge < -0.3 is 28.4 Å². The highest BCUT2D eigenvalue weighted by Gasteiger charge is 2.54. The summed E-state index contributed by atoms with van der Waals surface area (Å²) in [5, 5.41) is 8.01. The maximum Gasteiger partial charge on any atom is 0.338 e. The van der Waals surface area contributed by atoms with E-state index in [9.17, 15) is 19.2 Å². The monoisotopic (exact) mass is 653 g/mol. The lowest BCUT2D eigenvalue weighted by atomic mass is 9.97. The van der Waals surface area contributed by atoms with E-state index >= 15 is 0 Å². The molecule has 0 saturated carbocycles. The van der Waals surface area contributed by atoms with Crippen LogP contribution in [-0.4, -0.2) is 67.1 Å². The second-order valence-corrected chi connectivity index (χ2v) is 10.4. The summed E-state index contributed by atoms with van der Waals surface area (Å²) in [6.07, 6.45) is -7.44. The summed E-state index contributed by atoms with van der Waals surface area (Å²) >= 11 is 0. The van der Waals surface area contributed by atoms with Gasteiger partial charge in [0.25, 0.3) is 0 Å². The molecule has 5 rings (SSSR count). The molecular weight excluding hydrogens is 618 g/mol. The van der Waals surface area contributed by atoms with Crippen molar-refractivity contribution in [2.24, 2.45) is 0 Å². The maximum absolute atomic E-state index is 13.5. The molecular formula is C37H35NO10. The first-order chi connectivity index (χ1) is 22.8. The van der Waals surface area contributed by atoms with E-state index in [2.05, 4.69) is 0 Å². The molecule has 5 unspecified atom stereocenters. The molecule has 0 bridgehead atoms. The molecule has 0 amide bonds. The number of rotatable bonds is 10. The molecule has 0 spiro atoms. The molecule has 1 aliphatic rings. The van der Waals surface area contributed by atoms with Crippen LogP contribution in [-0.2, 0) is 28.4 Å². The minimum Gasteiger partial charge on any atom is -0.459 e. The maximum atomic E-state index is 13.5. The van der Waals surface area contributed by atoms with Crippen molar-refractivity contribution in [1.82, 2.24) is 0 Å². The Kier molecular flexibility index (Phi) is 12.2. The molecule has 1 heterocycles. The van der Waals surface area contributed by atoms with Crippen LogP contribution in [0.15, 0.2) is 121 Å². The first kappa shape index (κ1) is 35.1. The van der Waals surface area contributed by atoms with Crippen molar-refractivity contribution in [2.45, 2.75) is 45.1 Å². The van der Waals surface area contributed by atoms with Crippen molar-refractivity contribution in [3.8, 4) is 0 Å². The molecule has 11 heteroatoms. The van der Waals surface area contributed by atoms with Crippen LogP contribution in [0.1, 0.15) is 55.8 Å². The second kappa shape index (κ2) is 16.7. The average molecular weight is 654 g/mol. The number of carbonyl (C=O) groups is 4. The summed E-state index contributed by atoms with van der Waals surface area (Å²) in [4.78, 5) is 53.2. The normalized spacial score (nSPS) is 19.8. The zero-order valence-corrected chi connectivity index (χ0v) is 25.2. The second-order valence-electron chi connectivity index (χ2n) is 10.4. The Balaban J connectivity index is 0.00000520. The molecule has 5 atom stereocenters. The van der Waals surface area contributed by atoms with E-state index in [4.69, 9.17) is 33.8 Å². The fraction of sp³-hybridized carbons (Fsp3) is 0.216. The van der Waals surface area contributed by atoms with Crippen molar-refractivity contribution in [3.63, 3.8) is 0 Å². The summed E-state index contributed by atoms with van der Waals surface area (Å²) in [7, 11) is 0.